The van der Waals surface area contributed by atoms with Gasteiger partial charge in [-0.15, -0.1) is 5.10 Å². The Bertz CT molecular complexity index is 337. The standard InChI is InChI=1S/C10H15Br2N3/c1-2-7-4-3-5-8(6-7)15-10(12)13-9(11)14-15/h7-8H,2-6H2,1H3. The van der Waals surface area contributed by atoms with E-state index in [1.165, 1.54) is 32.1 Å². The molecular weight excluding hydrogens is 322 g/mol. The molecule has 0 N–H and O–H groups in total. The van der Waals surface area contributed by atoms with E-state index in [-0.39, 0.29) is 0 Å². The number of halogens is 2. The second-order valence-electron chi connectivity index (χ2n) is 4.19. The normalized spacial score (nSPS) is 26.9. The lowest BCUT2D eigenvalue weighted by atomic mass is 9.84. The van der Waals surface area contributed by atoms with Crippen LogP contribution in [0.3, 0.4) is 0 Å². The van der Waals surface area contributed by atoms with E-state index in [0.29, 0.717) is 10.8 Å². The fraction of sp³-hybridized carbons (Fsp3) is 0.800. The Hall–Kier alpha value is 0.1000. The average Bonchev–Trinajstić information content (AvgIpc) is 2.58. The van der Waals surface area contributed by atoms with Crippen LogP contribution in [0.1, 0.15) is 45.1 Å². The van der Waals surface area contributed by atoms with Crippen molar-refractivity contribution >= 4 is 31.9 Å². The summed E-state index contributed by atoms with van der Waals surface area (Å²) in [5.74, 6) is 0.860. The summed E-state index contributed by atoms with van der Waals surface area (Å²) in [5.41, 5.74) is 0. The Morgan fingerprint density at radius 3 is 2.80 bits per heavy atom. The number of hydrogen-bond acceptors (Lipinski definition) is 2. The van der Waals surface area contributed by atoms with Gasteiger partial charge in [0.05, 0.1) is 6.04 Å². The van der Waals surface area contributed by atoms with Crippen LogP contribution in [0.25, 0.3) is 0 Å². The summed E-state index contributed by atoms with van der Waals surface area (Å²) in [6.45, 7) is 2.28. The highest BCUT2D eigenvalue weighted by Gasteiger charge is 2.24. The van der Waals surface area contributed by atoms with E-state index in [4.69, 9.17) is 0 Å². The summed E-state index contributed by atoms with van der Waals surface area (Å²) in [7, 11) is 0. The van der Waals surface area contributed by atoms with Crippen LogP contribution in [0.2, 0.25) is 0 Å². The van der Waals surface area contributed by atoms with Gasteiger partial charge in [0, 0.05) is 0 Å². The van der Waals surface area contributed by atoms with Gasteiger partial charge in [0.15, 0.2) is 4.73 Å². The summed E-state index contributed by atoms with van der Waals surface area (Å²) < 4.78 is 3.54. The molecule has 2 rings (SSSR count). The average molecular weight is 337 g/mol. The van der Waals surface area contributed by atoms with Gasteiger partial charge in [-0.05, 0) is 50.6 Å². The molecular formula is C10H15Br2N3. The van der Waals surface area contributed by atoms with Gasteiger partial charge < -0.3 is 0 Å². The van der Waals surface area contributed by atoms with Gasteiger partial charge in [-0.3, -0.25) is 0 Å². The van der Waals surface area contributed by atoms with E-state index in [2.05, 4.69) is 48.9 Å². The molecule has 5 heteroatoms. The first-order valence-electron chi connectivity index (χ1n) is 5.48. The van der Waals surface area contributed by atoms with E-state index in [1.54, 1.807) is 0 Å². The summed E-state index contributed by atoms with van der Waals surface area (Å²) in [6.07, 6.45) is 6.44. The Kier molecular flexibility index (Phi) is 3.83. The molecule has 0 bridgehead atoms. The van der Waals surface area contributed by atoms with Crippen molar-refractivity contribution < 1.29 is 0 Å². The fourth-order valence-electron chi connectivity index (χ4n) is 2.37. The van der Waals surface area contributed by atoms with Crippen LogP contribution in [0.15, 0.2) is 9.47 Å². The fourth-order valence-corrected chi connectivity index (χ4v) is 3.48. The van der Waals surface area contributed by atoms with Crippen LogP contribution in [-0.2, 0) is 0 Å². The van der Waals surface area contributed by atoms with E-state index >= 15 is 0 Å². The van der Waals surface area contributed by atoms with E-state index < -0.39 is 0 Å². The Morgan fingerprint density at radius 1 is 1.40 bits per heavy atom. The van der Waals surface area contributed by atoms with Gasteiger partial charge in [-0.25, -0.2) is 4.68 Å². The summed E-state index contributed by atoms with van der Waals surface area (Å²) >= 11 is 6.76. The maximum Gasteiger partial charge on any atom is 0.218 e. The van der Waals surface area contributed by atoms with Gasteiger partial charge in [0.1, 0.15) is 0 Å². The first-order chi connectivity index (χ1) is 7.20. The summed E-state index contributed by atoms with van der Waals surface area (Å²) in [6, 6.07) is 0.525. The molecule has 0 amide bonds. The SMILES string of the molecule is CCC1CCCC(n2nc(Br)nc2Br)C1. The van der Waals surface area contributed by atoms with Crippen molar-refractivity contribution in [3.63, 3.8) is 0 Å². The highest BCUT2D eigenvalue weighted by atomic mass is 79.9. The van der Waals surface area contributed by atoms with Crippen molar-refractivity contribution in [3.8, 4) is 0 Å². The molecule has 1 aromatic rings. The van der Waals surface area contributed by atoms with Crippen molar-refractivity contribution in [3.05, 3.63) is 9.47 Å². The van der Waals surface area contributed by atoms with Gasteiger partial charge in [0.25, 0.3) is 0 Å². The maximum absolute atomic E-state index is 4.38. The zero-order valence-corrected chi connectivity index (χ0v) is 12.0. The third kappa shape index (κ3) is 2.61. The Morgan fingerprint density at radius 2 is 2.20 bits per heavy atom. The molecule has 0 radical (unpaired) electrons. The lowest BCUT2D eigenvalue weighted by Crippen LogP contribution is -2.20. The Balaban J connectivity index is 2.13. The first-order valence-corrected chi connectivity index (χ1v) is 7.06. The molecule has 0 spiro atoms. The molecule has 1 aromatic heterocycles. The van der Waals surface area contributed by atoms with Crippen molar-refractivity contribution in [2.45, 2.75) is 45.1 Å². The molecule has 1 aliphatic carbocycles. The highest BCUT2D eigenvalue weighted by molar-refractivity contribution is 9.11. The van der Waals surface area contributed by atoms with Crippen molar-refractivity contribution in [2.24, 2.45) is 5.92 Å². The van der Waals surface area contributed by atoms with Crippen LogP contribution in [-0.4, -0.2) is 14.8 Å². The van der Waals surface area contributed by atoms with Crippen molar-refractivity contribution in [1.29, 1.82) is 0 Å². The molecule has 2 unspecified atom stereocenters. The number of rotatable bonds is 2. The zero-order valence-electron chi connectivity index (χ0n) is 8.79. The minimum Gasteiger partial charge on any atom is -0.236 e. The van der Waals surface area contributed by atoms with Crippen LogP contribution >= 0.6 is 31.9 Å². The van der Waals surface area contributed by atoms with E-state index in [0.717, 1.165) is 10.7 Å². The van der Waals surface area contributed by atoms with Crippen LogP contribution in [0.4, 0.5) is 0 Å². The molecule has 0 aromatic carbocycles. The smallest absolute Gasteiger partial charge is 0.218 e. The second-order valence-corrected chi connectivity index (χ2v) is 5.61. The Labute approximate surface area is 107 Å². The predicted molar refractivity (Wildman–Crippen MR) is 66.7 cm³/mol. The molecule has 0 aliphatic heterocycles. The highest BCUT2D eigenvalue weighted by Crippen LogP contribution is 2.35. The largest absolute Gasteiger partial charge is 0.236 e. The maximum atomic E-state index is 4.38. The van der Waals surface area contributed by atoms with Gasteiger partial charge in [-0.1, -0.05) is 26.2 Å². The molecule has 1 fully saturated rings. The topological polar surface area (TPSA) is 30.7 Å². The van der Waals surface area contributed by atoms with E-state index in [9.17, 15) is 0 Å². The molecule has 1 heterocycles. The third-order valence-electron chi connectivity index (χ3n) is 3.24. The molecule has 0 saturated heterocycles. The van der Waals surface area contributed by atoms with Crippen LogP contribution < -0.4 is 0 Å². The third-order valence-corrected chi connectivity index (χ3v) is 4.12. The summed E-state index contributed by atoms with van der Waals surface area (Å²) in [5, 5.41) is 4.38. The van der Waals surface area contributed by atoms with Crippen molar-refractivity contribution in [2.75, 3.05) is 0 Å². The molecule has 3 nitrogen and oxygen atoms in total. The number of hydrogen-bond donors (Lipinski definition) is 0. The minimum atomic E-state index is 0.525. The molecule has 15 heavy (non-hydrogen) atoms. The van der Waals surface area contributed by atoms with Gasteiger partial charge >= 0.3 is 0 Å². The van der Waals surface area contributed by atoms with Crippen LogP contribution in [0, 0.1) is 5.92 Å². The number of aromatic nitrogens is 3. The number of nitrogens with zero attached hydrogens (tertiary/aromatic N) is 3. The lowest BCUT2D eigenvalue weighted by Gasteiger charge is -2.28. The molecule has 84 valence electrons. The first kappa shape index (κ1) is 11.6. The molecule has 2 atom stereocenters. The van der Waals surface area contributed by atoms with Gasteiger partial charge in [-0.2, -0.15) is 4.98 Å². The van der Waals surface area contributed by atoms with Crippen LogP contribution in [0.5, 0.6) is 0 Å². The van der Waals surface area contributed by atoms with E-state index in [1.807, 2.05) is 4.68 Å². The second kappa shape index (κ2) is 4.95. The minimum absolute atomic E-state index is 0.525. The van der Waals surface area contributed by atoms with Gasteiger partial charge in [0.2, 0.25) is 4.73 Å². The quantitative estimate of drug-likeness (QED) is 0.818. The van der Waals surface area contributed by atoms with Crippen molar-refractivity contribution in [1.82, 2.24) is 14.8 Å². The predicted octanol–water partition coefficient (Wildman–Crippen LogP) is 3.94. The zero-order chi connectivity index (χ0) is 10.8. The molecule has 1 saturated carbocycles. The molecule has 1 aliphatic rings. The lowest BCUT2D eigenvalue weighted by molar-refractivity contribution is 0.244. The summed E-state index contributed by atoms with van der Waals surface area (Å²) in [4.78, 5) is 4.22. The monoisotopic (exact) mass is 335 g/mol.